The third-order valence-corrected chi connectivity index (χ3v) is 4.87. The predicted molar refractivity (Wildman–Crippen MR) is 91.4 cm³/mol. The fourth-order valence-corrected chi connectivity index (χ4v) is 3.22. The van der Waals surface area contributed by atoms with E-state index in [2.05, 4.69) is 4.98 Å². The minimum atomic E-state index is -3.85. The van der Waals surface area contributed by atoms with Crippen molar-refractivity contribution in [2.24, 2.45) is 5.14 Å². The van der Waals surface area contributed by atoms with Gasteiger partial charge in [0, 0.05) is 12.1 Å². The van der Waals surface area contributed by atoms with Crippen molar-refractivity contribution in [3.63, 3.8) is 0 Å². The fourth-order valence-electron chi connectivity index (χ4n) is 2.68. The van der Waals surface area contributed by atoms with Crippen molar-refractivity contribution < 1.29 is 17.2 Å². The highest BCUT2D eigenvalue weighted by atomic mass is 32.2. The van der Waals surface area contributed by atoms with Crippen LogP contribution in [0.1, 0.15) is 19.8 Å². The van der Waals surface area contributed by atoms with Crippen LogP contribution in [0.3, 0.4) is 0 Å². The van der Waals surface area contributed by atoms with Crippen molar-refractivity contribution in [2.45, 2.75) is 31.2 Å². The molecule has 0 aliphatic rings. The summed E-state index contributed by atoms with van der Waals surface area (Å²) in [4.78, 5) is 4.39. The second-order valence-corrected chi connectivity index (χ2v) is 7.33. The maximum absolute atomic E-state index is 13.6. The summed E-state index contributed by atoms with van der Waals surface area (Å²) in [6.45, 7) is 2.66. The molecule has 0 saturated carbocycles. The molecule has 5 nitrogen and oxygen atoms in total. The maximum atomic E-state index is 13.6. The number of imidazole rings is 1. The third kappa shape index (κ3) is 3.40. The van der Waals surface area contributed by atoms with Crippen LogP contribution in [0, 0.1) is 11.6 Å². The number of rotatable bonds is 5. The van der Waals surface area contributed by atoms with Gasteiger partial charge in [0.25, 0.3) is 0 Å². The molecule has 8 heteroatoms. The summed E-state index contributed by atoms with van der Waals surface area (Å²) in [6, 6.07) is 8.00. The van der Waals surface area contributed by atoms with E-state index < -0.39 is 21.7 Å². The lowest BCUT2D eigenvalue weighted by atomic mass is 10.2. The first kappa shape index (κ1) is 17.5. The number of sulfonamides is 1. The van der Waals surface area contributed by atoms with Gasteiger partial charge in [-0.15, -0.1) is 0 Å². The van der Waals surface area contributed by atoms with Crippen LogP contribution in [-0.2, 0) is 16.6 Å². The largest absolute Gasteiger partial charge is 0.324 e. The molecular weight excluding hydrogens is 348 g/mol. The summed E-state index contributed by atoms with van der Waals surface area (Å²) in [6.07, 6.45) is 1.80. The number of nitrogens with zero attached hydrogens (tertiary/aromatic N) is 2. The normalized spacial score (nSPS) is 12.0. The molecule has 0 unspecified atom stereocenters. The average molecular weight is 365 g/mol. The van der Waals surface area contributed by atoms with Gasteiger partial charge < -0.3 is 4.57 Å². The SMILES string of the molecule is CCCCn1c(-c2ccc(F)c(F)c2)nc2cc(S(N)(=O)=O)ccc21. The highest BCUT2D eigenvalue weighted by Gasteiger charge is 2.17. The molecule has 1 heterocycles. The number of aryl methyl sites for hydroxylation is 1. The van der Waals surface area contributed by atoms with Gasteiger partial charge in [0.2, 0.25) is 10.0 Å². The molecule has 0 radical (unpaired) electrons. The summed E-state index contributed by atoms with van der Waals surface area (Å²) in [5, 5.41) is 5.17. The Kier molecular flexibility index (Phi) is 4.57. The van der Waals surface area contributed by atoms with Crippen LogP contribution in [0.5, 0.6) is 0 Å². The Balaban J connectivity index is 2.23. The lowest BCUT2D eigenvalue weighted by Crippen LogP contribution is -2.11. The first-order valence-corrected chi connectivity index (χ1v) is 9.34. The Hall–Kier alpha value is -2.32. The van der Waals surface area contributed by atoms with E-state index in [0.29, 0.717) is 29.0 Å². The highest BCUT2D eigenvalue weighted by Crippen LogP contribution is 2.28. The monoisotopic (exact) mass is 365 g/mol. The zero-order valence-corrected chi connectivity index (χ0v) is 14.4. The van der Waals surface area contributed by atoms with Crippen LogP contribution in [0.4, 0.5) is 8.78 Å². The number of fused-ring (bicyclic) bond motifs is 1. The van der Waals surface area contributed by atoms with Gasteiger partial charge in [0.1, 0.15) is 5.82 Å². The quantitative estimate of drug-likeness (QED) is 0.752. The van der Waals surface area contributed by atoms with Crippen molar-refractivity contribution in [1.29, 1.82) is 0 Å². The number of unbranched alkanes of at least 4 members (excludes halogenated alkanes) is 1. The molecule has 25 heavy (non-hydrogen) atoms. The molecule has 3 aromatic rings. The van der Waals surface area contributed by atoms with Crippen LogP contribution in [0.2, 0.25) is 0 Å². The van der Waals surface area contributed by atoms with Crippen molar-refractivity contribution in [3.05, 3.63) is 48.0 Å². The molecule has 2 aromatic carbocycles. The standard InChI is InChI=1S/C17H17F2N3O2S/c1-2-3-8-22-16-7-5-12(25(20,23)24)10-15(16)21-17(22)11-4-6-13(18)14(19)9-11/h4-7,9-10H,2-3,8H2,1H3,(H2,20,23,24). The van der Waals surface area contributed by atoms with Crippen LogP contribution in [0.15, 0.2) is 41.3 Å². The van der Waals surface area contributed by atoms with Crippen molar-refractivity contribution in [3.8, 4) is 11.4 Å². The summed E-state index contributed by atoms with van der Waals surface area (Å²) in [5.41, 5.74) is 1.56. The minimum absolute atomic E-state index is 0.0445. The van der Waals surface area contributed by atoms with Gasteiger partial charge in [-0.25, -0.2) is 27.3 Å². The Bertz CT molecular complexity index is 1050. The van der Waals surface area contributed by atoms with Crippen LogP contribution >= 0.6 is 0 Å². The topological polar surface area (TPSA) is 78.0 Å². The van der Waals surface area contributed by atoms with E-state index in [1.165, 1.54) is 18.2 Å². The van der Waals surface area contributed by atoms with Gasteiger partial charge in [-0.2, -0.15) is 0 Å². The van der Waals surface area contributed by atoms with Crippen molar-refractivity contribution in [2.75, 3.05) is 0 Å². The molecule has 132 valence electrons. The second kappa shape index (κ2) is 6.53. The number of nitrogens with two attached hydrogens (primary N) is 1. The van der Waals surface area contributed by atoms with E-state index in [1.807, 2.05) is 11.5 Å². The van der Waals surface area contributed by atoms with E-state index in [4.69, 9.17) is 5.14 Å². The molecular formula is C17H17F2N3O2S. The van der Waals surface area contributed by atoms with Crippen molar-refractivity contribution >= 4 is 21.1 Å². The van der Waals surface area contributed by atoms with E-state index in [-0.39, 0.29) is 4.90 Å². The number of benzene rings is 2. The molecule has 0 aliphatic heterocycles. The van der Waals surface area contributed by atoms with Gasteiger partial charge in [-0.05, 0) is 42.8 Å². The number of hydrogen-bond donors (Lipinski definition) is 1. The molecule has 0 atom stereocenters. The summed E-state index contributed by atoms with van der Waals surface area (Å²) in [5.74, 6) is -1.44. The van der Waals surface area contributed by atoms with Crippen LogP contribution in [0.25, 0.3) is 22.4 Å². The first-order valence-electron chi connectivity index (χ1n) is 7.79. The molecule has 2 N–H and O–H groups in total. The highest BCUT2D eigenvalue weighted by molar-refractivity contribution is 7.89. The molecule has 0 spiro atoms. The van der Waals surface area contributed by atoms with E-state index in [0.717, 1.165) is 25.0 Å². The summed E-state index contributed by atoms with van der Waals surface area (Å²) < 4.78 is 51.8. The Morgan fingerprint density at radius 3 is 2.52 bits per heavy atom. The summed E-state index contributed by atoms with van der Waals surface area (Å²) >= 11 is 0. The second-order valence-electron chi connectivity index (χ2n) is 5.77. The average Bonchev–Trinajstić information content (AvgIpc) is 2.92. The third-order valence-electron chi connectivity index (χ3n) is 3.96. The van der Waals surface area contributed by atoms with Gasteiger partial charge >= 0.3 is 0 Å². The zero-order chi connectivity index (χ0) is 18.2. The Labute approximate surface area is 144 Å². The van der Waals surface area contributed by atoms with Gasteiger partial charge in [0.05, 0.1) is 15.9 Å². The number of aromatic nitrogens is 2. The van der Waals surface area contributed by atoms with Gasteiger partial charge in [-0.1, -0.05) is 13.3 Å². The zero-order valence-electron chi connectivity index (χ0n) is 13.5. The molecule has 0 saturated heterocycles. The Morgan fingerprint density at radius 1 is 1.12 bits per heavy atom. The van der Waals surface area contributed by atoms with E-state index in [1.54, 1.807) is 6.07 Å². The maximum Gasteiger partial charge on any atom is 0.238 e. The summed E-state index contributed by atoms with van der Waals surface area (Å²) in [7, 11) is -3.85. The lowest BCUT2D eigenvalue weighted by molar-refractivity contribution is 0.509. The number of halogens is 2. The van der Waals surface area contributed by atoms with Gasteiger partial charge in [0.15, 0.2) is 11.6 Å². The van der Waals surface area contributed by atoms with Crippen LogP contribution in [-0.4, -0.2) is 18.0 Å². The smallest absolute Gasteiger partial charge is 0.238 e. The van der Waals surface area contributed by atoms with Gasteiger partial charge in [-0.3, -0.25) is 0 Å². The number of hydrogen-bond acceptors (Lipinski definition) is 3. The molecule has 0 fully saturated rings. The van der Waals surface area contributed by atoms with E-state index in [9.17, 15) is 17.2 Å². The predicted octanol–water partition coefficient (Wildman–Crippen LogP) is 3.43. The molecule has 1 aromatic heterocycles. The molecule has 0 amide bonds. The molecule has 0 bridgehead atoms. The fraction of sp³-hybridized carbons (Fsp3) is 0.235. The van der Waals surface area contributed by atoms with Crippen molar-refractivity contribution in [1.82, 2.24) is 9.55 Å². The number of primary sulfonamides is 1. The van der Waals surface area contributed by atoms with E-state index >= 15 is 0 Å². The lowest BCUT2D eigenvalue weighted by Gasteiger charge is -2.09. The molecule has 3 rings (SSSR count). The minimum Gasteiger partial charge on any atom is -0.324 e. The molecule has 0 aliphatic carbocycles. The Morgan fingerprint density at radius 2 is 1.88 bits per heavy atom. The van der Waals surface area contributed by atoms with Crippen LogP contribution < -0.4 is 5.14 Å². The first-order chi connectivity index (χ1) is 11.8.